The standard InChI is InChI=1S/C14H15FN2O2S2/c15-10-2-1-3-12(6-10)17-21(18,19)14-7-13(20-9-14)8-16-11-4-5-11/h1-3,6-7,9,11,16-17H,4-5,8H2. The molecule has 1 saturated carbocycles. The van der Waals surface area contributed by atoms with Crippen molar-refractivity contribution in [3.8, 4) is 0 Å². The lowest BCUT2D eigenvalue weighted by Crippen LogP contribution is -2.14. The molecule has 1 aliphatic carbocycles. The van der Waals surface area contributed by atoms with Gasteiger partial charge in [-0.3, -0.25) is 4.72 Å². The number of anilines is 1. The SMILES string of the molecule is O=S(=O)(Nc1cccc(F)c1)c1csc(CNC2CC2)c1. The Kier molecular flexibility index (Phi) is 3.97. The number of nitrogens with one attached hydrogen (secondary N) is 2. The number of hydrogen-bond donors (Lipinski definition) is 2. The van der Waals surface area contributed by atoms with Gasteiger partial charge in [-0.25, -0.2) is 12.8 Å². The largest absolute Gasteiger partial charge is 0.309 e. The first kappa shape index (κ1) is 14.5. The maximum atomic E-state index is 13.1. The zero-order valence-corrected chi connectivity index (χ0v) is 12.8. The predicted molar refractivity (Wildman–Crippen MR) is 81.4 cm³/mol. The van der Waals surface area contributed by atoms with E-state index >= 15 is 0 Å². The van der Waals surface area contributed by atoms with Crippen molar-refractivity contribution in [3.63, 3.8) is 0 Å². The minimum atomic E-state index is -3.67. The van der Waals surface area contributed by atoms with Crippen molar-refractivity contribution < 1.29 is 12.8 Å². The highest BCUT2D eigenvalue weighted by atomic mass is 32.2. The second-order valence-corrected chi connectivity index (χ2v) is 7.70. The van der Waals surface area contributed by atoms with E-state index in [9.17, 15) is 12.8 Å². The van der Waals surface area contributed by atoms with E-state index in [0.29, 0.717) is 12.6 Å². The van der Waals surface area contributed by atoms with E-state index in [0.717, 1.165) is 10.9 Å². The van der Waals surface area contributed by atoms with Gasteiger partial charge in [-0.15, -0.1) is 11.3 Å². The van der Waals surface area contributed by atoms with Crippen LogP contribution in [0.5, 0.6) is 0 Å². The molecule has 2 N–H and O–H groups in total. The first-order chi connectivity index (χ1) is 10.0. The Hall–Kier alpha value is -1.44. The molecule has 0 spiro atoms. The summed E-state index contributed by atoms with van der Waals surface area (Å²) in [6.07, 6.45) is 2.38. The van der Waals surface area contributed by atoms with Crippen molar-refractivity contribution in [3.05, 3.63) is 46.4 Å². The highest BCUT2D eigenvalue weighted by Crippen LogP contribution is 2.24. The lowest BCUT2D eigenvalue weighted by Gasteiger charge is -2.06. The van der Waals surface area contributed by atoms with Gasteiger partial charge in [0.05, 0.1) is 10.6 Å². The molecule has 112 valence electrons. The van der Waals surface area contributed by atoms with E-state index in [4.69, 9.17) is 0 Å². The van der Waals surface area contributed by atoms with E-state index < -0.39 is 15.8 Å². The second-order valence-electron chi connectivity index (χ2n) is 5.02. The number of sulfonamides is 1. The van der Waals surface area contributed by atoms with E-state index in [-0.39, 0.29) is 10.6 Å². The van der Waals surface area contributed by atoms with E-state index in [1.54, 1.807) is 11.4 Å². The van der Waals surface area contributed by atoms with Crippen LogP contribution in [0.3, 0.4) is 0 Å². The molecule has 1 aromatic heterocycles. The third kappa shape index (κ3) is 3.81. The van der Waals surface area contributed by atoms with Gasteiger partial charge >= 0.3 is 0 Å². The summed E-state index contributed by atoms with van der Waals surface area (Å²) in [5.74, 6) is -0.477. The molecular formula is C14H15FN2O2S2. The summed E-state index contributed by atoms with van der Waals surface area (Å²) in [5, 5.41) is 4.94. The van der Waals surface area contributed by atoms with Crippen molar-refractivity contribution in [1.82, 2.24) is 5.32 Å². The lowest BCUT2D eigenvalue weighted by molar-refractivity contribution is 0.601. The monoisotopic (exact) mass is 326 g/mol. The Balaban J connectivity index is 1.71. The molecule has 1 aromatic carbocycles. The minimum Gasteiger partial charge on any atom is -0.309 e. The van der Waals surface area contributed by atoms with Gasteiger partial charge in [-0.2, -0.15) is 0 Å². The molecule has 0 atom stereocenters. The maximum absolute atomic E-state index is 13.1. The average molecular weight is 326 g/mol. The summed E-state index contributed by atoms with van der Waals surface area (Å²) in [6, 6.07) is 7.64. The smallest absolute Gasteiger partial charge is 0.262 e. The van der Waals surface area contributed by atoms with Gasteiger partial charge in [0.15, 0.2) is 0 Å². The molecule has 0 saturated heterocycles. The fourth-order valence-electron chi connectivity index (χ4n) is 1.89. The average Bonchev–Trinajstić information content (AvgIpc) is 3.12. The predicted octanol–water partition coefficient (Wildman–Crippen LogP) is 2.94. The minimum absolute atomic E-state index is 0.212. The summed E-state index contributed by atoms with van der Waals surface area (Å²) in [5.41, 5.74) is 0.221. The van der Waals surface area contributed by atoms with Gasteiger partial charge in [0, 0.05) is 22.8 Å². The molecule has 7 heteroatoms. The second kappa shape index (κ2) is 5.75. The summed E-state index contributed by atoms with van der Waals surface area (Å²) in [6.45, 7) is 0.685. The maximum Gasteiger partial charge on any atom is 0.262 e. The van der Waals surface area contributed by atoms with Crippen LogP contribution in [-0.4, -0.2) is 14.5 Å². The summed E-state index contributed by atoms with van der Waals surface area (Å²) >= 11 is 1.40. The third-order valence-electron chi connectivity index (χ3n) is 3.16. The van der Waals surface area contributed by atoms with Crippen LogP contribution in [0.2, 0.25) is 0 Å². The quantitative estimate of drug-likeness (QED) is 0.858. The first-order valence-electron chi connectivity index (χ1n) is 6.62. The molecule has 1 aliphatic rings. The van der Waals surface area contributed by atoms with E-state index in [2.05, 4.69) is 10.0 Å². The Labute approximate surface area is 127 Å². The van der Waals surface area contributed by atoms with Gasteiger partial charge in [0.2, 0.25) is 0 Å². The molecule has 0 radical (unpaired) electrons. The highest BCUT2D eigenvalue weighted by Gasteiger charge is 2.21. The van der Waals surface area contributed by atoms with Crippen molar-refractivity contribution in [2.45, 2.75) is 30.3 Å². The molecule has 0 bridgehead atoms. The highest BCUT2D eigenvalue weighted by molar-refractivity contribution is 7.92. The Morgan fingerprint density at radius 2 is 2.10 bits per heavy atom. The molecule has 1 fully saturated rings. The van der Waals surface area contributed by atoms with Crippen molar-refractivity contribution in [1.29, 1.82) is 0 Å². The molecular weight excluding hydrogens is 311 g/mol. The molecule has 21 heavy (non-hydrogen) atoms. The van der Waals surface area contributed by atoms with Crippen LogP contribution in [-0.2, 0) is 16.6 Å². The van der Waals surface area contributed by atoms with Gasteiger partial charge in [-0.05, 0) is 37.1 Å². The van der Waals surface area contributed by atoms with Crippen molar-refractivity contribution in [2.24, 2.45) is 0 Å². The molecule has 4 nitrogen and oxygen atoms in total. The Morgan fingerprint density at radius 1 is 1.29 bits per heavy atom. The topological polar surface area (TPSA) is 58.2 Å². The van der Waals surface area contributed by atoms with Crippen LogP contribution >= 0.6 is 11.3 Å². The van der Waals surface area contributed by atoms with Crippen LogP contribution < -0.4 is 10.0 Å². The van der Waals surface area contributed by atoms with Crippen LogP contribution in [0.25, 0.3) is 0 Å². The first-order valence-corrected chi connectivity index (χ1v) is 8.98. The van der Waals surface area contributed by atoms with Crippen LogP contribution in [0.15, 0.2) is 40.6 Å². The van der Waals surface area contributed by atoms with Crippen molar-refractivity contribution >= 4 is 27.0 Å². The molecule has 0 unspecified atom stereocenters. The zero-order chi connectivity index (χ0) is 14.9. The van der Waals surface area contributed by atoms with Gasteiger partial charge in [0.1, 0.15) is 5.82 Å². The number of halogens is 1. The van der Waals surface area contributed by atoms with Gasteiger partial charge in [-0.1, -0.05) is 6.07 Å². The number of hydrogen-bond acceptors (Lipinski definition) is 4. The fourth-order valence-corrected chi connectivity index (χ4v) is 4.17. The van der Waals surface area contributed by atoms with Crippen LogP contribution in [0.1, 0.15) is 17.7 Å². The summed E-state index contributed by atoms with van der Waals surface area (Å²) < 4.78 is 39.9. The van der Waals surface area contributed by atoms with E-state index in [1.165, 1.54) is 42.4 Å². The lowest BCUT2D eigenvalue weighted by atomic mass is 10.3. The van der Waals surface area contributed by atoms with Crippen LogP contribution in [0.4, 0.5) is 10.1 Å². The molecule has 0 amide bonds. The Morgan fingerprint density at radius 3 is 2.81 bits per heavy atom. The van der Waals surface area contributed by atoms with E-state index in [1.807, 2.05) is 0 Å². The van der Waals surface area contributed by atoms with Gasteiger partial charge in [0.25, 0.3) is 10.0 Å². The van der Waals surface area contributed by atoms with Crippen LogP contribution in [0, 0.1) is 5.82 Å². The fraction of sp³-hybridized carbons (Fsp3) is 0.286. The molecule has 0 aliphatic heterocycles. The Bertz CT molecular complexity index is 739. The van der Waals surface area contributed by atoms with Crippen molar-refractivity contribution in [2.75, 3.05) is 4.72 Å². The number of rotatable bonds is 6. The number of benzene rings is 1. The molecule has 3 rings (SSSR count). The molecule has 2 aromatic rings. The normalized spacial score (nSPS) is 15.1. The van der Waals surface area contributed by atoms with Gasteiger partial charge < -0.3 is 5.32 Å². The third-order valence-corrected chi connectivity index (χ3v) is 5.61. The zero-order valence-electron chi connectivity index (χ0n) is 11.2. The summed E-state index contributed by atoms with van der Waals surface area (Å²) in [4.78, 5) is 1.19. The summed E-state index contributed by atoms with van der Waals surface area (Å²) in [7, 11) is -3.67. The molecule has 1 heterocycles. The number of thiophene rings is 1.